The van der Waals surface area contributed by atoms with Crippen LogP contribution in [0.15, 0.2) is 28.3 Å². The van der Waals surface area contributed by atoms with Crippen molar-refractivity contribution in [3.05, 3.63) is 44.7 Å². The van der Waals surface area contributed by atoms with Gasteiger partial charge in [-0.1, -0.05) is 29.3 Å². The van der Waals surface area contributed by atoms with E-state index in [0.29, 0.717) is 10.0 Å². The normalized spacial score (nSPS) is 17.2. The van der Waals surface area contributed by atoms with Crippen LogP contribution in [0, 0.1) is 5.82 Å². The molecule has 1 unspecified atom stereocenters. The maximum atomic E-state index is 14.2. The van der Waals surface area contributed by atoms with E-state index in [1.54, 1.807) is 12.1 Å². The molecular weight excluding hydrogens is 329 g/mol. The van der Waals surface area contributed by atoms with E-state index in [1.165, 1.54) is 18.4 Å². The number of hydrogen-bond acceptors (Lipinski definition) is 1. The molecule has 0 aliphatic heterocycles. The second-order valence-electron chi connectivity index (χ2n) is 4.92. The lowest BCUT2D eigenvalue weighted by molar-refractivity contribution is 0.519. The lowest BCUT2D eigenvalue weighted by Gasteiger charge is -2.21. The van der Waals surface area contributed by atoms with Crippen LogP contribution in [0.3, 0.4) is 0 Å². The molecule has 2 rings (SSSR count). The second-order valence-corrected chi connectivity index (χ2v) is 6.15. The molecule has 4 heteroatoms. The minimum absolute atomic E-state index is 0.0186. The maximum Gasteiger partial charge on any atom is 0.147 e. The smallest absolute Gasteiger partial charge is 0.147 e. The van der Waals surface area contributed by atoms with Gasteiger partial charge in [-0.25, -0.2) is 4.39 Å². The van der Waals surface area contributed by atoms with Gasteiger partial charge in [0.1, 0.15) is 5.82 Å². The number of benzene rings is 1. The Morgan fingerprint density at radius 1 is 1.42 bits per heavy atom. The molecule has 1 aliphatic rings. The lowest BCUT2D eigenvalue weighted by atomic mass is 9.91. The fourth-order valence-corrected chi connectivity index (χ4v) is 3.01. The standard InChI is InChI=1S/C15H18BrClFN/c1-19-13(9-10-5-3-2-4-6-10)11-7-8-12(16)14(17)15(11)18/h5,7-8,13,19H,2-4,6,9H2,1H3. The van der Waals surface area contributed by atoms with Crippen molar-refractivity contribution in [2.75, 3.05) is 7.05 Å². The predicted octanol–water partition coefficient (Wildman–Crippen LogP) is 5.39. The Morgan fingerprint density at radius 2 is 2.21 bits per heavy atom. The summed E-state index contributed by atoms with van der Waals surface area (Å²) in [5.74, 6) is -0.327. The third-order valence-corrected chi connectivity index (χ3v) is 4.90. The largest absolute Gasteiger partial charge is 0.313 e. The summed E-state index contributed by atoms with van der Waals surface area (Å²) in [6, 6.07) is 3.59. The van der Waals surface area contributed by atoms with E-state index in [2.05, 4.69) is 27.3 Å². The van der Waals surface area contributed by atoms with Crippen molar-refractivity contribution in [3.8, 4) is 0 Å². The monoisotopic (exact) mass is 345 g/mol. The first-order chi connectivity index (χ1) is 9.13. The van der Waals surface area contributed by atoms with Crippen molar-refractivity contribution < 1.29 is 4.39 Å². The van der Waals surface area contributed by atoms with Crippen LogP contribution in [0.4, 0.5) is 4.39 Å². The van der Waals surface area contributed by atoms with Crippen LogP contribution in [-0.4, -0.2) is 7.05 Å². The molecule has 1 N–H and O–H groups in total. The Bertz CT molecular complexity index is 487. The molecule has 0 radical (unpaired) electrons. The van der Waals surface area contributed by atoms with Gasteiger partial charge in [0.05, 0.1) is 5.02 Å². The molecule has 1 nitrogen and oxygen atoms in total. The zero-order valence-corrected chi connectivity index (χ0v) is 13.3. The average molecular weight is 347 g/mol. The van der Waals surface area contributed by atoms with Crippen LogP contribution in [0.1, 0.15) is 43.7 Å². The van der Waals surface area contributed by atoms with E-state index in [9.17, 15) is 4.39 Å². The molecule has 1 aromatic carbocycles. The van der Waals surface area contributed by atoms with Crippen molar-refractivity contribution in [3.63, 3.8) is 0 Å². The van der Waals surface area contributed by atoms with Crippen molar-refractivity contribution in [1.29, 1.82) is 0 Å². The van der Waals surface area contributed by atoms with Gasteiger partial charge in [-0.2, -0.15) is 0 Å². The molecular formula is C15H18BrClFN. The molecule has 1 aromatic rings. The fourth-order valence-electron chi connectivity index (χ4n) is 2.53. The minimum atomic E-state index is -0.327. The van der Waals surface area contributed by atoms with E-state index in [1.807, 2.05) is 7.05 Å². The van der Waals surface area contributed by atoms with Gasteiger partial charge >= 0.3 is 0 Å². The summed E-state index contributed by atoms with van der Waals surface area (Å²) in [6.45, 7) is 0. The number of nitrogens with one attached hydrogen (secondary N) is 1. The van der Waals surface area contributed by atoms with Crippen molar-refractivity contribution in [2.45, 2.75) is 38.1 Å². The topological polar surface area (TPSA) is 12.0 Å². The van der Waals surface area contributed by atoms with Gasteiger partial charge in [0.2, 0.25) is 0 Å². The lowest BCUT2D eigenvalue weighted by Crippen LogP contribution is -2.19. The first-order valence-electron chi connectivity index (χ1n) is 6.62. The van der Waals surface area contributed by atoms with Crippen LogP contribution in [0.2, 0.25) is 5.02 Å². The molecule has 0 bridgehead atoms. The molecule has 0 fully saturated rings. The van der Waals surface area contributed by atoms with Crippen molar-refractivity contribution >= 4 is 27.5 Å². The highest BCUT2D eigenvalue weighted by Crippen LogP contribution is 2.33. The number of hydrogen-bond donors (Lipinski definition) is 1. The minimum Gasteiger partial charge on any atom is -0.313 e. The van der Waals surface area contributed by atoms with Gasteiger partial charge in [-0.3, -0.25) is 0 Å². The molecule has 1 aliphatic carbocycles. The number of halogens is 3. The molecule has 0 amide bonds. The summed E-state index contributed by atoms with van der Waals surface area (Å²) in [4.78, 5) is 0. The van der Waals surface area contributed by atoms with Crippen LogP contribution in [-0.2, 0) is 0 Å². The van der Waals surface area contributed by atoms with Crippen LogP contribution >= 0.6 is 27.5 Å². The van der Waals surface area contributed by atoms with E-state index in [4.69, 9.17) is 11.6 Å². The first kappa shape index (κ1) is 15.0. The first-order valence-corrected chi connectivity index (χ1v) is 7.79. The Morgan fingerprint density at radius 3 is 2.84 bits per heavy atom. The van der Waals surface area contributed by atoms with Gasteiger partial charge in [-0.15, -0.1) is 0 Å². The zero-order valence-electron chi connectivity index (χ0n) is 11.0. The summed E-state index contributed by atoms with van der Waals surface area (Å²) in [5, 5.41) is 3.36. The molecule has 104 valence electrons. The Kier molecular flexibility index (Phi) is 5.43. The van der Waals surface area contributed by atoms with E-state index in [0.717, 1.165) is 19.3 Å². The molecule has 0 spiro atoms. The molecule has 0 saturated heterocycles. The van der Waals surface area contributed by atoms with Crippen LogP contribution in [0.5, 0.6) is 0 Å². The molecule has 1 atom stereocenters. The average Bonchev–Trinajstić information content (AvgIpc) is 2.44. The predicted molar refractivity (Wildman–Crippen MR) is 82.1 cm³/mol. The number of allylic oxidation sites excluding steroid dienone is 1. The third kappa shape index (κ3) is 3.59. The summed E-state index contributed by atoms with van der Waals surface area (Å²) in [7, 11) is 1.86. The third-order valence-electron chi connectivity index (χ3n) is 3.64. The second kappa shape index (κ2) is 6.87. The quantitative estimate of drug-likeness (QED) is 0.569. The molecule has 0 heterocycles. The highest BCUT2D eigenvalue weighted by Gasteiger charge is 2.19. The zero-order chi connectivity index (χ0) is 13.8. The fraction of sp³-hybridized carbons (Fsp3) is 0.467. The molecule has 0 saturated carbocycles. The van der Waals surface area contributed by atoms with Crippen molar-refractivity contribution in [1.82, 2.24) is 5.32 Å². The SMILES string of the molecule is CNC(CC1=CCCCC1)c1ccc(Br)c(Cl)c1F. The highest BCUT2D eigenvalue weighted by molar-refractivity contribution is 9.10. The van der Waals surface area contributed by atoms with E-state index < -0.39 is 0 Å². The highest BCUT2D eigenvalue weighted by atomic mass is 79.9. The van der Waals surface area contributed by atoms with Crippen LogP contribution < -0.4 is 5.32 Å². The Labute approximate surface area is 127 Å². The van der Waals surface area contributed by atoms with Gasteiger partial charge < -0.3 is 5.32 Å². The maximum absolute atomic E-state index is 14.2. The van der Waals surface area contributed by atoms with Gasteiger partial charge in [-0.05, 0) is 61.1 Å². The Hall–Kier alpha value is -0.380. The Balaban J connectivity index is 2.22. The number of rotatable bonds is 4. The summed E-state index contributed by atoms with van der Waals surface area (Å²) in [6.07, 6.45) is 7.94. The van der Waals surface area contributed by atoms with Gasteiger partial charge in [0.15, 0.2) is 0 Å². The van der Waals surface area contributed by atoms with E-state index >= 15 is 0 Å². The van der Waals surface area contributed by atoms with Crippen molar-refractivity contribution in [2.24, 2.45) is 0 Å². The summed E-state index contributed by atoms with van der Waals surface area (Å²) >= 11 is 9.21. The van der Waals surface area contributed by atoms with E-state index in [-0.39, 0.29) is 16.9 Å². The van der Waals surface area contributed by atoms with Crippen LogP contribution in [0.25, 0.3) is 0 Å². The summed E-state index contributed by atoms with van der Waals surface area (Å²) in [5.41, 5.74) is 2.06. The van der Waals surface area contributed by atoms with Gasteiger partial charge in [0, 0.05) is 16.1 Å². The van der Waals surface area contributed by atoms with Gasteiger partial charge in [0.25, 0.3) is 0 Å². The summed E-state index contributed by atoms with van der Waals surface area (Å²) < 4.78 is 14.8. The molecule has 0 aromatic heterocycles. The molecule has 19 heavy (non-hydrogen) atoms.